The summed E-state index contributed by atoms with van der Waals surface area (Å²) in [5.41, 5.74) is 2.55. The Morgan fingerprint density at radius 3 is 2.43 bits per heavy atom. The number of rotatable bonds is 4. The first-order chi connectivity index (χ1) is 9.94. The Balaban J connectivity index is 1.95. The Hall–Kier alpha value is -1.23. The molecule has 0 bridgehead atoms. The van der Waals surface area contributed by atoms with Crippen molar-refractivity contribution in [3.63, 3.8) is 0 Å². The molecule has 0 unspecified atom stereocenters. The highest BCUT2D eigenvalue weighted by molar-refractivity contribution is 9.10. The second-order valence-corrected chi connectivity index (χ2v) is 6.27. The van der Waals surface area contributed by atoms with Crippen LogP contribution in [0.25, 0.3) is 0 Å². The Morgan fingerprint density at radius 1 is 1.14 bits per heavy atom. The van der Waals surface area contributed by atoms with E-state index in [0.29, 0.717) is 15.7 Å². The van der Waals surface area contributed by atoms with Gasteiger partial charge in [0.1, 0.15) is 0 Å². The van der Waals surface area contributed by atoms with Crippen LogP contribution in [0.4, 0.5) is 11.4 Å². The third kappa shape index (κ3) is 4.92. The molecule has 0 aliphatic heterocycles. The van der Waals surface area contributed by atoms with E-state index in [2.05, 4.69) is 26.6 Å². The Morgan fingerprint density at radius 2 is 1.81 bits per heavy atom. The summed E-state index contributed by atoms with van der Waals surface area (Å²) in [6.45, 7) is 2.11. The Bertz CT molecular complexity index is 656. The van der Waals surface area contributed by atoms with Gasteiger partial charge in [-0.2, -0.15) is 0 Å². The molecule has 0 saturated heterocycles. The van der Waals surface area contributed by atoms with Crippen molar-refractivity contribution in [2.45, 2.75) is 6.92 Å². The molecule has 110 valence electrons. The van der Waals surface area contributed by atoms with Crippen LogP contribution in [0.3, 0.4) is 0 Å². The van der Waals surface area contributed by atoms with Crippen molar-refractivity contribution in [1.82, 2.24) is 0 Å². The largest absolute Gasteiger partial charge is 0.376 e. The van der Waals surface area contributed by atoms with Gasteiger partial charge >= 0.3 is 0 Å². The van der Waals surface area contributed by atoms with Crippen molar-refractivity contribution in [2.75, 3.05) is 17.2 Å². The van der Waals surface area contributed by atoms with E-state index >= 15 is 0 Å². The molecule has 6 heteroatoms. The molecule has 2 aromatic rings. The van der Waals surface area contributed by atoms with Gasteiger partial charge in [0.25, 0.3) is 0 Å². The molecule has 2 aromatic carbocycles. The second kappa shape index (κ2) is 7.16. The van der Waals surface area contributed by atoms with Gasteiger partial charge in [-0.05, 0) is 58.7 Å². The molecule has 0 aliphatic rings. The van der Waals surface area contributed by atoms with E-state index in [1.165, 1.54) is 0 Å². The van der Waals surface area contributed by atoms with Crippen LogP contribution in [-0.4, -0.2) is 12.5 Å². The first-order valence-corrected chi connectivity index (χ1v) is 7.75. The van der Waals surface area contributed by atoms with E-state index in [9.17, 15) is 4.79 Å². The molecule has 0 aromatic heterocycles. The highest BCUT2D eigenvalue weighted by atomic mass is 79.9. The lowest BCUT2D eigenvalue weighted by atomic mass is 10.2. The Labute approximate surface area is 141 Å². The van der Waals surface area contributed by atoms with Crippen LogP contribution in [0.5, 0.6) is 0 Å². The van der Waals surface area contributed by atoms with Crippen LogP contribution in [0, 0.1) is 6.92 Å². The summed E-state index contributed by atoms with van der Waals surface area (Å²) in [5.74, 6) is -0.157. The molecular formula is C15H13BrCl2N2O. The van der Waals surface area contributed by atoms with Gasteiger partial charge in [0, 0.05) is 20.2 Å². The monoisotopic (exact) mass is 386 g/mol. The summed E-state index contributed by atoms with van der Waals surface area (Å²) in [4.78, 5) is 11.9. The molecule has 2 rings (SSSR count). The zero-order chi connectivity index (χ0) is 15.4. The second-order valence-electron chi connectivity index (χ2n) is 4.54. The van der Waals surface area contributed by atoms with Crippen LogP contribution in [0.2, 0.25) is 10.0 Å². The molecule has 0 spiro atoms. The summed E-state index contributed by atoms with van der Waals surface area (Å²) >= 11 is 15.2. The molecule has 2 N–H and O–H groups in total. The number of amides is 1. The van der Waals surface area contributed by atoms with Crippen molar-refractivity contribution >= 4 is 56.4 Å². The summed E-state index contributed by atoms with van der Waals surface area (Å²) in [5, 5.41) is 6.84. The standard InChI is InChI=1S/C15H13BrCl2N2O/c1-9-2-3-14(13(16)4-9)20-15(21)8-19-12-6-10(17)5-11(18)7-12/h2-7,19H,8H2,1H3,(H,20,21). The SMILES string of the molecule is Cc1ccc(NC(=O)CNc2cc(Cl)cc(Cl)c2)c(Br)c1. The maximum atomic E-state index is 11.9. The van der Waals surface area contributed by atoms with Gasteiger partial charge in [0.05, 0.1) is 12.2 Å². The first-order valence-electron chi connectivity index (χ1n) is 6.20. The molecule has 0 saturated carbocycles. The molecule has 0 atom stereocenters. The summed E-state index contributed by atoms with van der Waals surface area (Å²) in [7, 11) is 0. The average Bonchev–Trinajstić information content (AvgIpc) is 2.39. The fourth-order valence-corrected chi connectivity index (χ4v) is 2.87. The molecule has 1 amide bonds. The zero-order valence-corrected chi connectivity index (χ0v) is 14.3. The van der Waals surface area contributed by atoms with Crippen molar-refractivity contribution in [2.24, 2.45) is 0 Å². The summed E-state index contributed by atoms with van der Waals surface area (Å²) < 4.78 is 0.849. The highest BCUT2D eigenvalue weighted by Crippen LogP contribution is 2.24. The first kappa shape index (κ1) is 16.1. The minimum atomic E-state index is -0.157. The predicted octanol–water partition coefficient (Wildman–Crippen LogP) is 5.11. The number of carbonyl (C=O) groups is 1. The van der Waals surface area contributed by atoms with Crippen molar-refractivity contribution in [3.05, 3.63) is 56.5 Å². The van der Waals surface area contributed by atoms with E-state index in [1.54, 1.807) is 18.2 Å². The van der Waals surface area contributed by atoms with Gasteiger partial charge in [-0.25, -0.2) is 0 Å². The molecular weight excluding hydrogens is 375 g/mol. The van der Waals surface area contributed by atoms with E-state index in [-0.39, 0.29) is 12.5 Å². The summed E-state index contributed by atoms with van der Waals surface area (Å²) in [6, 6.07) is 10.8. The van der Waals surface area contributed by atoms with Crippen molar-refractivity contribution in [1.29, 1.82) is 0 Å². The maximum absolute atomic E-state index is 11.9. The third-order valence-corrected chi connectivity index (χ3v) is 3.81. The number of aryl methyl sites for hydroxylation is 1. The number of benzene rings is 2. The van der Waals surface area contributed by atoms with Gasteiger partial charge < -0.3 is 10.6 Å². The zero-order valence-electron chi connectivity index (χ0n) is 11.2. The predicted molar refractivity (Wildman–Crippen MR) is 92.5 cm³/mol. The minimum Gasteiger partial charge on any atom is -0.376 e. The molecule has 0 heterocycles. The molecule has 3 nitrogen and oxygen atoms in total. The number of halogens is 3. The van der Waals surface area contributed by atoms with E-state index in [4.69, 9.17) is 23.2 Å². The van der Waals surface area contributed by atoms with E-state index in [0.717, 1.165) is 15.7 Å². The Kier molecular flexibility index (Phi) is 5.51. The number of hydrogen-bond donors (Lipinski definition) is 2. The molecule has 0 aliphatic carbocycles. The lowest BCUT2D eigenvalue weighted by Crippen LogP contribution is -2.21. The van der Waals surface area contributed by atoms with Crippen LogP contribution < -0.4 is 10.6 Å². The molecule has 21 heavy (non-hydrogen) atoms. The minimum absolute atomic E-state index is 0.122. The van der Waals surface area contributed by atoms with Crippen LogP contribution in [0.15, 0.2) is 40.9 Å². The molecule has 0 fully saturated rings. The van der Waals surface area contributed by atoms with Gasteiger partial charge in [0.2, 0.25) is 5.91 Å². The lowest BCUT2D eigenvalue weighted by Gasteiger charge is -2.10. The van der Waals surface area contributed by atoms with Crippen molar-refractivity contribution < 1.29 is 4.79 Å². The van der Waals surface area contributed by atoms with Gasteiger partial charge in [0.15, 0.2) is 0 Å². The van der Waals surface area contributed by atoms with Gasteiger partial charge in [-0.1, -0.05) is 29.3 Å². The van der Waals surface area contributed by atoms with Crippen LogP contribution in [0.1, 0.15) is 5.56 Å². The lowest BCUT2D eigenvalue weighted by molar-refractivity contribution is -0.114. The van der Waals surface area contributed by atoms with Crippen LogP contribution in [-0.2, 0) is 4.79 Å². The highest BCUT2D eigenvalue weighted by Gasteiger charge is 2.06. The van der Waals surface area contributed by atoms with E-state index in [1.807, 2.05) is 25.1 Å². The van der Waals surface area contributed by atoms with Crippen molar-refractivity contribution in [3.8, 4) is 0 Å². The summed E-state index contributed by atoms with van der Waals surface area (Å²) in [6.07, 6.45) is 0. The number of nitrogens with one attached hydrogen (secondary N) is 2. The maximum Gasteiger partial charge on any atom is 0.243 e. The van der Waals surface area contributed by atoms with Gasteiger partial charge in [-0.3, -0.25) is 4.79 Å². The fourth-order valence-electron chi connectivity index (χ4n) is 1.75. The molecule has 0 radical (unpaired) electrons. The average molecular weight is 388 g/mol. The number of carbonyl (C=O) groups excluding carboxylic acids is 1. The van der Waals surface area contributed by atoms with Crippen LogP contribution >= 0.6 is 39.1 Å². The fraction of sp³-hybridized carbons (Fsp3) is 0.133. The smallest absolute Gasteiger partial charge is 0.243 e. The number of hydrogen-bond acceptors (Lipinski definition) is 2. The van der Waals surface area contributed by atoms with E-state index < -0.39 is 0 Å². The van der Waals surface area contributed by atoms with Gasteiger partial charge in [-0.15, -0.1) is 0 Å². The topological polar surface area (TPSA) is 41.1 Å². The normalized spacial score (nSPS) is 10.3. The third-order valence-electron chi connectivity index (χ3n) is 2.71. The number of anilines is 2. The quantitative estimate of drug-likeness (QED) is 0.764.